The van der Waals surface area contributed by atoms with Crippen LogP contribution < -0.4 is 10.5 Å². The van der Waals surface area contributed by atoms with E-state index in [4.69, 9.17) is 15.3 Å². The lowest BCUT2D eigenvalue weighted by molar-refractivity contribution is -0.183. The van der Waals surface area contributed by atoms with Crippen molar-refractivity contribution >= 4 is 11.8 Å². The van der Waals surface area contributed by atoms with Gasteiger partial charge in [-0.1, -0.05) is 6.07 Å². The van der Waals surface area contributed by atoms with Gasteiger partial charge in [0.1, 0.15) is 11.8 Å². The summed E-state index contributed by atoms with van der Waals surface area (Å²) < 4.78 is 5.86. The van der Waals surface area contributed by atoms with Crippen molar-refractivity contribution in [3.05, 3.63) is 54.1 Å². The number of ether oxygens (including phenoxy) is 1. The van der Waals surface area contributed by atoms with Gasteiger partial charge in [0.25, 0.3) is 0 Å². The van der Waals surface area contributed by atoms with E-state index in [1.807, 2.05) is 6.07 Å². The molecule has 1 saturated carbocycles. The van der Waals surface area contributed by atoms with Gasteiger partial charge < -0.3 is 10.5 Å². The maximum Gasteiger partial charge on any atom is 0.249 e. The molecule has 8 heteroatoms. The number of hydrogen-bond donors (Lipinski definition) is 1. The minimum atomic E-state index is -0.469. The third-order valence-corrected chi connectivity index (χ3v) is 5.85. The Kier molecular flexibility index (Phi) is 6.23. The van der Waals surface area contributed by atoms with Gasteiger partial charge in [0.15, 0.2) is 0 Å². The predicted molar refractivity (Wildman–Crippen MR) is 108 cm³/mol. The van der Waals surface area contributed by atoms with Crippen LogP contribution in [0.3, 0.4) is 0 Å². The molecule has 1 aromatic carbocycles. The smallest absolute Gasteiger partial charge is 0.249 e. The second kappa shape index (κ2) is 9.21. The zero-order chi connectivity index (χ0) is 20.9. The van der Waals surface area contributed by atoms with Crippen LogP contribution >= 0.6 is 0 Å². The van der Waals surface area contributed by atoms with Crippen molar-refractivity contribution in [1.29, 1.82) is 0 Å². The standard InChI is InChI=1S/C22H26N4O4/c23-21(27)17-2-1-3-18(12-17)29-14-15-4-6-16(7-5-15)22(28)26-20(8-11-30-26)19-13-24-9-10-25-19/h1-3,9-10,12-13,15-16,20H,4-8,11,14H2,(H2,23,27)/t15?,16?,20-/m0/s1. The van der Waals surface area contributed by atoms with Crippen molar-refractivity contribution in [2.45, 2.75) is 38.1 Å². The van der Waals surface area contributed by atoms with Crippen LogP contribution in [-0.4, -0.2) is 40.1 Å². The van der Waals surface area contributed by atoms with E-state index in [-0.39, 0.29) is 17.9 Å². The average Bonchev–Trinajstić information content (AvgIpc) is 3.28. The topological polar surface area (TPSA) is 108 Å². The molecule has 2 aliphatic rings. The Labute approximate surface area is 175 Å². The summed E-state index contributed by atoms with van der Waals surface area (Å²) in [5, 5.41) is 1.51. The molecule has 1 saturated heterocycles. The molecule has 2 fully saturated rings. The van der Waals surface area contributed by atoms with E-state index in [9.17, 15) is 9.59 Å². The van der Waals surface area contributed by atoms with E-state index in [0.29, 0.717) is 30.4 Å². The first kappa shape index (κ1) is 20.3. The summed E-state index contributed by atoms with van der Waals surface area (Å²) in [6.45, 7) is 1.08. The fraction of sp³-hybridized carbons (Fsp3) is 0.455. The number of rotatable bonds is 6. The Morgan fingerprint density at radius 2 is 2.00 bits per heavy atom. The molecule has 158 valence electrons. The first-order valence-corrected chi connectivity index (χ1v) is 10.4. The summed E-state index contributed by atoms with van der Waals surface area (Å²) in [6.07, 6.45) is 9.13. The third kappa shape index (κ3) is 4.59. The number of nitrogens with two attached hydrogens (primary N) is 1. The van der Waals surface area contributed by atoms with E-state index in [1.165, 1.54) is 5.06 Å². The zero-order valence-electron chi connectivity index (χ0n) is 16.8. The van der Waals surface area contributed by atoms with Crippen molar-refractivity contribution in [3.8, 4) is 5.75 Å². The largest absolute Gasteiger partial charge is 0.493 e. The Morgan fingerprint density at radius 1 is 1.17 bits per heavy atom. The fourth-order valence-corrected chi connectivity index (χ4v) is 4.15. The highest BCUT2D eigenvalue weighted by molar-refractivity contribution is 5.93. The zero-order valence-corrected chi connectivity index (χ0v) is 16.8. The second-order valence-electron chi connectivity index (χ2n) is 7.85. The monoisotopic (exact) mass is 410 g/mol. The van der Waals surface area contributed by atoms with E-state index < -0.39 is 5.91 Å². The number of hydrogen-bond acceptors (Lipinski definition) is 6. The molecule has 0 spiro atoms. The van der Waals surface area contributed by atoms with E-state index >= 15 is 0 Å². The highest BCUT2D eigenvalue weighted by atomic mass is 16.7. The summed E-state index contributed by atoms with van der Waals surface area (Å²) in [6, 6.07) is 6.74. The summed E-state index contributed by atoms with van der Waals surface area (Å²) in [5.74, 6) is 0.542. The first-order valence-electron chi connectivity index (χ1n) is 10.4. The molecule has 4 rings (SSSR count). The summed E-state index contributed by atoms with van der Waals surface area (Å²) in [4.78, 5) is 38.4. The van der Waals surface area contributed by atoms with Gasteiger partial charge in [-0.15, -0.1) is 0 Å². The molecule has 2 amide bonds. The number of amides is 2. The number of carbonyl (C=O) groups is 2. The molecular formula is C22H26N4O4. The van der Waals surface area contributed by atoms with Crippen LogP contribution in [0.1, 0.15) is 54.2 Å². The molecule has 1 aromatic heterocycles. The number of hydroxylamine groups is 2. The van der Waals surface area contributed by atoms with Gasteiger partial charge in [-0.3, -0.25) is 24.4 Å². The highest BCUT2D eigenvalue weighted by Gasteiger charge is 2.38. The molecule has 2 aromatic rings. The Bertz CT molecular complexity index is 884. The number of nitrogens with zero attached hydrogens (tertiary/aromatic N) is 3. The quantitative estimate of drug-likeness (QED) is 0.784. The Balaban J connectivity index is 1.28. The van der Waals surface area contributed by atoms with Crippen molar-refractivity contribution in [1.82, 2.24) is 15.0 Å². The number of primary amides is 1. The lowest BCUT2D eigenvalue weighted by Crippen LogP contribution is -2.37. The molecule has 2 N–H and O–H groups in total. The SMILES string of the molecule is NC(=O)c1cccc(OCC2CCC(C(=O)N3OCC[C@H]3c3cnccn3)CC2)c1. The van der Waals surface area contributed by atoms with Gasteiger partial charge in [0, 0.05) is 30.3 Å². The third-order valence-electron chi connectivity index (χ3n) is 5.85. The van der Waals surface area contributed by atoms with Crippen LogP contribution in [0.2, 0.25) is 0 Å². The number of aromatic nitrogens is 2. The van der Waals surface area contributed by atoms with Gasteiger partial charge in [-0.2, -0.15) is 0 Å². The Hall–Kier alpha value is -3.00. The first-order chi connectivity index (χ1) is 14.6. The molecule has 0 radical (unpaired) electrons. The van der Waals surface area contributed by atoms with Crippen LogP contribution in [0.4, 0.5) is 0 Å². The van der Waals surface area contributed by atoms with Crippen LogP contribution in [0.25, 0.3) is 0 Å². The van der Waals surface area contributed by atoms with Crippen LogP contribution in [0, 0.1) is 11.8 Å². The van der Waals surface area contributed by atoms with Crippen LogP contribution in [0.15, 0.2) is 42.9 Å². The molecule has 1 atom stereocenters. The average molecular weight is 410 g/mol. The lowest BCUT2D eigenvalue weighted by Gasteiger charge is -2.31. The van der Waals surface area contributed by atoms with Gasteiger partial charge in [0.05, 0.1) is 25.1 Å². The number of carbonyl (C=O) groups excluding carboxylic acids is 2. The second-order valence-corrected chi connectivity index (χ2v) is 7.85. The summed E-state index contributed by atoms with van der Waals surface area (Å²) in [7, 11) is 0. The normalized spacial score (nSPS) is 23.9. The van der Waals surface area contributed by atoms with Crippen LogP contribution in [0.5, 0.6) is 5.75 Å². The molecular weight excluding hydrogens is 384 g/mol. The maximum atomic E-state index is 13.0. The molecule has 2 heterocycles. The van der Waals surface area contributed by atoms with Crippen molar-refractivity contribution in [3.63, 3.8) is 0 Å². The predicted octanol–water partition coefficient (Wildman–Crippen LogP) is 2.67. The maximum absolute atomic E-state index is 13.0. The van der Waals surface area contributed by atoms with E-state index in [0.717, 1.165) is 37.8 Å². The van der Waals surface area contributed by atoms with Crippen molar-refractivity contribution < 1.29 is 19.2 Å². The highest BCUT2D eigenvalue weighted by Crippen LogP contribution is 2.35. The minimum Gasteiger partial charge on any atom is -0.493 e. The molecule has 8 nitrogen and oxygen atoms in total. The van der Waals surface area contributed by atoms with Gasteiger partial charge in [-0.05, 0) is 49.8 Å². The van der Waals surface area contributed by atoms with E-state index in [1.54, 1.807) is 36.8 Å². The fourth-order valence-electron chi connectivity index (χ4n) is 4.15. The number of benzene rings is 1. The summed E-state index contributed by atoms with van der Waals surface area (Å²) >= 11 is 0. The Morgan fingerprint density at radius 3 is 2.73 bits per heavy atom. The van der Waals surface area contributed by atoms with Gasteiger partial charge in [0.2, 0.25) is 11.8 Å². The lowest BCUT2D eigenvalue weighted by atomic mass is 9.81. The molecule has 1 aliphatic heterocycles. The molecule has 0 bridgehead atoms. The molecule has 1 aliphatic carbocycles. The molecule has 30 heavy (non-hydrogen) atoms. The van der Waals surface area contributed by atoms with Gasteiger partial charge >= 0.3 is 0 Å². The van der Waals surface area contributed by atoms with E-state index in [2.05, 4.69) is 9.97 Å². The van der Waals surface area contributed by atoms with Crippen LogP contribution in [-0.2, 0) is 9.63 Å². The minimum absolute atomic E-state index is 0.0386. The summed E-state index contributed by atoms with van der Waals surface area (Å²) in [5.41, 5.74) is 6.52. The van der Waals surface area contributed by atoms with Crippen molar-refractivity contribution in [2.24, 2.45) is 17.6 Å². The van der Waals surface area contributed by atoms with Crippen molar-refractivity contribution in [2.75, 3.05) is 13.2 Å². The van der Waals surface area contributed by atoms with Gasteiger partial charge in [-0.25, -0.2) is 5.06 Å². The molecule has 0 unspecified atom stereocenters.